The van der Waals surface area contributed by atoms with E-state index in [0.29, 0.717) is 29.1 Å². The van der Waals surface area contributed by atoms with Crippen LogP contribution in [0.5, 0.6) is 0 Å². The van der Waals surface area contributed by atoms with Gasteiger partial charge in [-0.25, -0.2) is 9.97 Å². The molecule has 1 fully saturated rings. The van der Waals surface area contributed by atoms with Gasteiger partial charge in [-0.2, -0.15) is 5.10 Å². The third kappa shape index (κ3) is 4.59. The van der Waals surface area contributed by atoms with Crippen molar-refractivity contribution in [2.45, 2.75) is 26.3 Å². The number of nitrogens with zero attached hydrogens (tertiary/aromatic N) is 6. The maximum absolute atomic E-state index is 13.1. The van der Waals surface area contributed by atoms with Gasteiger partial charge in [-0.3, -0.25) is 9.48 Å². The molecule has 4 rings (SSSR count). The molecule has 3 aromatic rings. The number of likely N-dealkylation sites (tertiary alicyclic amines) is 1. The van der Waals surface area contributed by atoms with E-state index in [2.05, 4.69) is 71.4 Å². The van der Waals surface area contributed by atoms with Crippen LogP contribution in [0.15, 0.2) is 36.5 Å². The van der Waals surface area contributed by atoms with Gasteiger partial charge in [-0.1, -0.05) is 6.07 Å². The molecule has 1 aliphatic heterocycles. The number of hydrogen-bond donors (Lipinski definition) is 1. The molecule has 1 aliphatic rings. The lowest BCUT2D eigenvalue weighted by molar-refractivity contribution is 0.0772. The van der Waals surface area contributed by atoms with E-state index >= 15 is 0 Å². The van der Waals surface area contributed by atoms with E-state index < -0.39 is 0 Å². The Labute approximate surface area is 182 Å². The standard InChI is InChI=1S/C23H29N7O/c1-15-10-16(2)12-17(11-15)25-23-24-8-6-19(26-23)20-13-21(29(5)27-20)22(31)30-9-7-18(14-30)28(3)4/h6,8,10-13,18H,7,9,14H2,1-5H3,(H,24,25,26)/t18-/m0/s1. The van der Waals surface area contributed by atoms with Crippen LogP contribution in [-0.2, 0) is 7.05 Å². The molecular weight excluding hydrogens is 390 g/mol. The first-order valence-corrected chi connectivity index (χ1v) is 10.5. The maximum atomic E-state index is 13.1. The number of likely N-dealkylation sites (N-methyl/N-ethyl adjacent to an activating group) is 1. The third-order valence-corrected chi connectivity index (χ3v) is 5.68. The molecule has 8 heteroatoms. The predicted octanol–water partition coefficient (Wildman–Crippen LogP) is 3.01. The van der Waals surface area contributed by atoms with Crippen molar-refractivity contribution in [2.24, 2.45) is 7.05 Å². The van der Waals surface area contributed by atoms with Gasteiger partial charge in [0.15, 0.2) is 0 Å². The minimum absolute atomic E-state index is 0.00763. The van der Waals surface area contributed by atoms with Gasteiger partial charge in [0.25, 0.3) is 5.91 Å². The van der Waals surface area contributed by atoms with E-state index in [1.807, 2.05) is 11.0 Å². The van der Waals surface area contributed by atoms with Crippen LogP contribution in [0.4, 0.5) is 11.6 Å². The van der Waals surface area contributed by atoms with Crippen molar-refractivity contribution in [3.05, 3.63) is 53.3 Å². The molecule has 1 atom stereocenters. The molecule has 0 spiro atoms. The summed E-state index contributed by atoms with van der Waals surface area (Å²) in [5.41, 5.74) is 5.17. The zero-order valence-electron chi connectivity index (χ0n) is 18.8. The SMILES string of the molecule is Cc1cc(C)cc(Nc2nccc(-c3cc(C(=O)N4CC[C@H](N(C)C)C4)n(C)n3)n2)c1. The van der Waals surface area contributed by atoms with Crippen molar-refractivity contribution >= 4 is 17.5 Å². The van der Waals surface area contributed by atoms with E-state index in [0.717, 1.165) is 25.2 Å². The first kappa shape index (κ1) is 21.0. The summed E-state index contributed by atoms with van der Waals surface area (Å²) in [5.74, 6) is 0.502. The van der Waals surface area contributed by atoms with E-state index in [9.17, 15) is 4.79 Å². The Morgan fingerprint density at radius 1 is 1.13 bits per heavy atom. The fourth-order valence-electron chi connectivity index (χ4n) is 4.04. The largest absolute Gasteiger partial charge is 0.336 e. The second-order valence-corrected chi connectivity index (χ2v) is 8.46. The topological polar surface area (TPSA) is 79.2 Å². The first-order chi connectivity index (χ1) is 14.8. The lowest BCUT2D eigenvalue weighted by Crippen LogP contribution is -2.35. The van der Waals surface area contributed by atoms with Crippen LogP contribution in [0.1, 0.15) is 28.0 Å². The Balaban J connectivity index is 1.54. The summed E-state index contributed by atoms with van der Waals surface area (Å²) < 4.78 is 1.64. The molecule has 1 saturated heterocycles. The molecule has 162 valence electrons. The summed E-state index contributed by atoms with van der Waals surface area (Å²) in [4.78, 5) is 26.1. The molecule has 0 unspecified atom stereocenters. The quantitative estimate of drug-likeness (QED) is 0.685. The lowest BCUT2D eigenvalue weighted by Gasteiger charge is -2.20. The minimum Gasteiger partial charge on any atom is -0.336 e. The molecular formula is C23H29N7O. The summed E-state index contributed by atoms with van der Waals surface area (Å²) in [7, 11) is 5.91. The highest BCUT2D eigenvalue weighted by molar-refractivity contribution is 5.93. The van der Waals surface area contributed by atoms with Gasteiger partial charge in [-0.05, 0) is 69.8 Å². The Bertz CT molecular complexity index is 1080. The summed E-state index contributed by atoms with van der Waals surface area (Å²) in [6, 6.07) is 10.2. The van der Waals surface area contributed by atoms with Gasteiger partial charge < -0.3 is 15.1 Å². The number of nitrogens with one attached hydrogen (secondary N) is 1. The maximum Gasteiger partial charge on any atom is 0.272 e. The van der Waals surface area contributed by atoms with Gasteiger partial charge in [0.1, 0.15) is 11.4 Å². The second-order valence-electron chi connectivity index (χ2n) is 8.46. The average molecular weight is 420 g/mol. The van der Waals surface area contributed by atoms with E-state index in [1.165, 1.54) is 11.1 Å². The van der Waals surface area contributed by atoms with Crippen molar-refractivity contribution in [3.8, 4) is 11.4 Å². The Morgan fingerprint density at radius 2 is 1.87 bits per heavy atom. The molecule has 2 aromatic heterocycles. The molecule has 31 heavy (non-hydrogen) atoms. The Kier molecular flexibility index (Phi) is 5.73. The van der Waals surface area contributed by atoms with Crippen molar-refractivity contribution in [1.29, 1.82) is 0 Å². The van der Waals surface area contributed by atoms with E-state index in [1.54, 1.807) is 24.0 Å². The molecule has 1 N–H and O–H groups in total. The molecule has 0 saturated carbocycles. The van der Waals surface area contributed by atoms with Crippen LogP contribution in [0.25, 0.3) is 11.4 Å². The van der Waals surface area contributed by atoms with E-state index in [4.69, 9.17) is 0 Å². The van der Waals surface area contributed by atoms with Crippen LogP contribution < -0.4 is 5.32 Å². The number of carbonyl (C=O) groups excluding carboxylic acids is 1. The normalized spacial score (nSPS) is 16.2. The van der Waals surface area contributed by atoms with Gasteiger partial charge >= 0.3 is 0 Å². The number of benzene rings is 1. The zero-order chi connectivity index (χ0) is 22.1. The fraction of sp³-hybridized carbons (Fsp3) is 0.391. The Hall–Kier alpha value is -3.26. The monoisotopic (exact) mass is 419 g/mol. The number of amides is 1. The number of hydrogen-bond acceptors (Lipinski definition) is 6. The minimum atomic E-state index is 0.00763. The molecule has 0 aliphatic carbocycles. The molecule has 8 nitrogen and oxygen atoms in total. The van der Waals surface area contributed by atoms with Crippen molar-refractivity contribution in [3.63, 3.8) is 0 Å². The molecule has 1 aromatic carbocycles. The van der Waals surface area contributed by atoms with Gasteiger partial charge in [0, 0.05) is 38.1 Å². The smallest absolute Gasteiger partial charge is 0.272 e. The number of anilines is 2. The van der Waals surface area contributed by atoms with E-state index in [-0.39, 0.29) is 5.91 Å². The first-order valence-electron chi connectivity index (χ1n) is 10.5. The van der Waals surface area contributed by atoms with Crippen molar-refractivity contribution < 1.29 is 4.79 Å². The van der Waals surface area contributed by atoms with Crippen molar-refractivity contribution in [2.75, 3.05) is 32.5 Å². The second kappa shape index (κ2) is 8.47. The fourth-order valence-corrected chi connectivity index (χ4v) is 4.04. The molecule has 0 bridgehead atoms. The Morgan fingerprint density at radius 3 is 2.55 bits per heavy atom. The van der Waals surface area contributed by atoms with Crippen LogP contribution in [0.2, 0.25) is 0 Å². The number of rotatable bonds is 5. The van der Waals surface area contributed by atoms with Crippen LogP contribution in [-0.4, -0.2) is 68.7 Å². The van der Waals surface area contributed by atoms with Gasteiger partial charge in [-0.15, -0.1) is 0 Å². The number of aryl methyl sites for hydroxylation is 3. The lowest BCUT2D eigenvalue weighted by atomic mass is 10.1. The summed E-state index contributed by atoms with van der Waals surface area (Å²) in [5, 5.41) is 7.81. The predicted molar refractivity (Wildman–Crippen MR) is 121 cm³/mol. The molecule has 3 heterocycles. The molecule has 1 amide bonds. The summed E-state index contributed by atoms with van der Waals surface area (Å²) in [6.07, 6.45) is 2.69. The average Bonchev–Trinajstić information content (AvgIpc) is 3.34. The van der Waals surface area contributed by atoms with Crippen molar-refractivity contribution in [1.82, 2.24) is 29.5 Å². The van der Waals surface area contributed by atoms with Crippen LogP contribution in [0.3, 0.4) is 0 Å². The number of aromatic nitrogens is 4. The van der Waals surface area contributed by atoms with Gasteiger partial charge in [0.05, 0.1) is 5.69 Å². The summed E-state index contributed by atoms with van der Waals surface area (Å²) in [6.45, 7) is 5.62. The van der Waals surface area contributed by atoms with Crippen LogP contribution in [0, 0.1) is 13.8 Å². The number of carbonyl (C=O) groups is 1. The van der Waals surface area contributed by atoms with Crippen LogP contribution >= 0.6 is 0 Å². The summed E-state index contributed by atoms with van der Waals surface area (Å²) >= 11 is 0. The highest BCUT2D eigenvalue weighted by Crippen LogP contribution is 2.23. The highest BCUT2D eigenvalue weighted by Gasteiger charge is 2.30. The highest BCUT2D eigenvalue weighted by atomic mass is 16.2. The zero-order valence-corrected chi connectivity index (χ0v) is 18.8. The molecule has 0 radical (unpaired) electrons. The third-order valence-electron chi connectivity index (χ3n) is 5.68. The van der Waals surface area contributed by atoms with Gasteiger partial charge in [0.2, 0.25) is 5.95 Å².